The summed E-state index contributed by atoms with van der Waals surface area (Å²) in [6, 6.07) is 7.56. The van der Waals surface area contributed by atoms with E-state index in [0.29, 0.717) is 18.7 Å². The third-order valence-electron chi connectivity index (χ3n) is 2.82. The number of ether oxygens (including phenoxy) is 2. The number of para-hydroxylation sites is 2. The van der Waals surface area contributed by atoms with Crippen LogP contribution < -0.4 is 9.47 Å². The first-order valence-electron chi connectivity index (χ1n) is 6.44. The number of thiazole rings is 1. The summed E-state index contributed by atoms with van der Waals surface area (Å²) in [7, 11) is 1.62. The molecule has 0 aliphatic carbocycles. The van der Waals surface area contributed by atoms with Gasteiger partial charge < -0.3 is 14.6 Å². The highest BCUT2D eigenvalue weighted by atomic mass is 32.1. The van der Waals surface area contributed by atoms with Crippen LogP contribution in [-0.4, -0.2) is 23.8 Å². The van der Waals surface area contributed by atoms with Crippen molar-refractivity contribution in [2.75, 3.05) is 13.7 Å². The van der Waals surface area contributed by atoms with Crippen molar-refractivity contribution in [2.45, 2.75) is 25.9 Å². The predicted molar refractivity (Wildman–Crippen MR) is 79.6 cm³/mol. The molecule has 2 rings (SSSR count). The van der Waals surface area contributed by atoms with Crippen molar-refractivity contribution in [3.63, 3.8) is 0 Å². The van der Waals surface area contributed by atoms with Crippen molar-refractivity contribution in [1.82, 2.24) is 4.98 Å². The standard InChI is InChI=1S/C15H19NO3S/c1-15(2,17)13-10-20-14(16-13)8-9-19-12-7-5-4-6-11(12)18-3/h4-7,10,17H,8-9H2,1-3H3. The molecule has 0 unspecified atom stereocenters. The van der Waals surface area contributed by atoms with E-state index in [-0.39, 0.29) is 0 Å². The van der Waals surface area contributed by atoms with Gasteiger partial charge in [0.1, 0.15) is 5.60 Å². The van der Waals surface area contributed by atoms with Gasteiger partial charge in [0.2, 0.25) is 0 Å². The van der Waals surface area contributed by atoms with E-state index < -0.39 is 5.60 Å². The second kappa shape index (κ2) is 6.24. The maximum absolute atomic E-state index is 9.87. The summed E-state index contributed by atoms with van der Waals surface area (Å²) in [6.07, 6.45) is 0.707. The van der Waals surface area contributed by atoms with E-state index in [9.17, 15) is 5.11 Å². The maximum Gasteiger partial charge on any atom is 0.161 e. The minimum absolute atomic E-state index is 0.527. The van der Waals surface area contributed by atoms with E-state index in [0.717, 1.165) is 16.5 Å². The predicted octanol–water partition coefficient (Wildman–Crippen LogP) is 3.00. The van der Waals surface area contributed by atoms with Crippen LogP contribution in [0.3, 0.4) is 0 Å². The Hall–Kier alpha value is -1.59. The quantitative estimate of drug-likeness (QED) is 0.889. The van der Waals surface area contributed by atoms with E-state index in [1.807, 2.05) is 29.6 Å². The Morgan fingerprint density at radius 1 is 1.25 bits per heavy atom. The molecule has 0 fully saturated rings. The third kappa shape index (κ3) is 3.71. The van der Waals surface area contributed by atoms with Gasteiger partial charge in [0, 0.05) is 11.8 Å². The van der Waals surface area contributed by atoms with Crippen molar-refractivity contribution in [3.8, 4) is 11.5 Å². The summed E-state index contributed by atoms with van der Waals surface area (Å²) >= 11 is 1.54. The lowest BCUT2D eigenvalue weighted by Crippen LogP contribution is -2.16. The molecule has 1 N–H and O–H groups in total. The molecule has 1 aromatic heterocycles. The Morgan fingerprint density at radius 3 is 2.55 bits per heavy atom. The zero-order valence-electron chi connectivity index (χ0n) is 11.9. The van der Waals surface area contributed by atoms with E-state index in [1.54, 1.807) is 21.0 Å². The molecule has 1 heterocycles. The first kappa shape index (κ1) is 14.8. The molecule has 1 aromatic carbocycles. The molecule has 0 bridgehead atoms. The second-order valence-corrected chi connectivity index (χ2v) is 5.88. The minimum atomic E-state index is -0.891. The molecule has 108 valence electrons. The minimum Gasteiger partial charge on any atom is -0.493 e. The van der Waals surface area contributed by atoms with Crippen molar-refractivity contribution >= 4 is 11.3 Å². The Kier molecular flexibility index (Phi) is 4.62. The fraction of sp³-hybridized carbons (Fsp3) is 0.400. The number of hydrogen-bond acceptors (Lipinski definition) is 5. The Bertz CT molecular complexity index is 560. The van der Waals surface area contributed by atoms with Gasteiger partial charge in [0.05, 0.1) is 24.4 Å². The van der Waals surface area contributed by atoms with Gasteiger partial charge in [-0.25, -0.2) is 4.98 Å². The summed E-state index contributed by atoms with van der Waals surface area (Å²) in [5.74, 6) is 1.46. The maximum atomic E-state index is 9.87. The molecule has 0 spiro atoms. The van der Waals surface area contributed by atoms with Crippen molar-refractivity contribution in [1.29, 1.82) is 0 Å². The zero-order chi connectivity index (χ0) is 14.6. The van der Waals surface area contributed by atoms with Gasteiger partial charge in [-0.1, -0.05) is 12.1 Å². The lowest BCUT2D eigenvalue weighted by molar-refractivity contribution is 0.0743. The number of benzene rings is 1. The smallest absolute Gasteiger partial charge is 0.161 e. The summed E-state index contributed by atoms with van der Waals surface area (Å²) in [5, 5.41) is 12.7. The van der Waals surface area contributed by atoms with Crippen LogP contribution >= 0.6 is 11.3 Å². The molecule has 0 radical (unpaired) electrons. The van der Waals surface area contributed by atoms with Gasteiger partial charge in [-0.2, -0.15) is 0 Å². The van der Waals surface area contributed by atoms with E-state index in [4.69, 9.17) is 9.47 Å². The van der Waals surface area contributed by atoms with Crippen molar-refractivity contribution in [2.24, 2.45) is 0 Å². The number of rotatable bonds is 6. The Balaban J connectivity index is 1.91. The molecule has 20 heavy (non-hydrogen) atoms. The molecular weight excluding hydrogens is 274 g/mol. The highest BCUT2D eigenvalue weighted by Gasteiger charge is 2.19. The fourth-order valence-corrected chi connectivity index (χ4v) is 2.63. The third-order valence-corrected chi connectivity index (χ3v) is 3.73. The van der Waals surface area contributed by atoms with Crippen LogP contribution in [-0.2, 0) is 12.0 Å². The van der Waals surface area contributed by atoms with Crippen LogP contribution in [0.5, 0.6) is 11.5 Å². The van der Waals surface area contributed by atoms with Gasteiger partial charge in [-0.3, -0.25) is 0 Å². The first-order chi connectivity index (χ1) is 9.50. The normalized spacial score (nSPS) is 11.4. The summed E-state index contributed by atoms with van der Waals surface area (Å²) in [4.78, 5) is 4.41. The zero-order valence-corrected chi connectivity index (χ0v) is 12.7. The van der Waals surface area contributed by atoms with Gasteiger partial charge in [-0.15, -0.1) is 11.3 Å². The van der Waals surface area contributed by atoms with Crippen LogP contribution in [0.25, 0.3) is 0 Å². The lowest BCUT2D eigenvalue weighted by Gasteiger charge is -2.13. The largest absolute Gasteiger partial charge is 0.493 e. The number of methoxy groups -OCH3 is 1. The Labute approximate surface area is 123 Å². The molecule has 0 saturated carbocycles. The molecule has 0 aliphatic rings. The summed E-state index contributed by atoms with van der Waals surface area (Å²) < 4.78 is 10.9. The summed E-state index contributed by atoms with van der Waals surface area (Å²) in [5.41, 5.74) is -0.187. The monoisotopic (exact) mass is 293 g/mol. The highest BCUT2D eigenvalue weighted by molar-refractivity contribution is 7.09. The van der Waals surface area contributed by atoms with Crippen LogP contribution in [0.4, 0.5) is 0 Å². The van der Waals surface area contributed by atoms with E-state index in [2.05, 4.69) is 4.98 Å². The molecule has 0 atom stereocenters. The van der Waals surface area contributed by atoms with Crippen LogP contribution in [0.1, 0.15) is 24.5 Å². The Morgan fingerprint density at radius 2 is 1.95 bits per heavy atom. The highest BCUT2D eigenvalue weighted by Crippen LogP contribution is 2.26. The number of aromatic nitrogens is 1. The second-order valence-electron chi connectivity index (χ2n) is 4.93. The molecule has 0 amide bonds. The fourth-order valence-electron chi connectivity index (χ4n) is 1.69. The summed E-state index contributed by atoms with van der Waals surface area (Å²) in [6.45, 7) is 3.99. The topological polar surface area (TPSA) is 51.6 Å². The van der Waals surface area contributed by atoms with Gasteiger partial charge in [-0.05, 0) is 26.0 Å². The molecule has 0 saturated heterocycles. The van der Waals surface area contributed by atoms with Crippen LogP contribution in [0.15, 0.2) is 29.6 Å². The average Bonchev–Trinajstić information content (AvgIpc) is 2.88. The average molecular weight is 293 g/mol. The van der Waals surface area contributed by atoms with E-state index in [1.165, 1.54) is 11.3 Å². The first-order valence-corrected chi connectivity index (χ1v) is 7.32. The van der Waals surface area contributed by atoms with Gasteiger partial charge in [0.15, 0.2) is 11.5 Å². The molecule has 0 aliphatic heterocycles. The molecule has 5 heteroatoms. The number of hydrogen-bond donors (Lipinski definition) is 1. The SMILES string of the molecule is COc1ccccc1OCCc1nc(C(C)(C)O)cs1. The van der Waals surface area contributed by atoms with Crippen LogP contribution in [0, 0.1) is 0 Å². The van der Waals surface area contributed by atoms with E-state index >= 15 is 0 Å². The molecular formula is C15H19NO3S. The van der Waals surface area contributed by atoms with Crippen molar-refractivity contribution < 1.29 is 14.6 Å². The number of nitrogens with zero attached hydrogens (tertiary/aromatic N) is 1. The van der Waals surface area contributed by atoms with Crippen LogP contribution in [0.2, 0.25) is 0 Å². The van der Waals surface area contributed by atoms with Gasteiger partial charge in [0.25, 0.3) is 0 Å². The van der Waals surface area contributed by atoms with Crippen molar-refractivity contribution in [3.05, 3.63) is 40.3 Å². The molecule has 2 aromatic rings. The lowest BCUT2D eigenvalue weighted by atomic mass is 10.1. The molecule has 4 nitrogen and oxygen atoms in total. The number of aliphatic hydroxyl groups is 1. The van der Waals surface area contributed by atoms with Gasteiger partial charge >= 0.3 is 0 Å².